The minimum Gasteiger partial charge on any atom is -0.494 e. The summed E-state index contributed by atoms with van der Waals surface area (Å²) in [7, 11) is 0. The monoisotopic (exact) mass is 359 g/mol. The second kappa shape index (κ2) is 9.74. The molecule has 0 fully saturated rings. The molecule has 0 atom stereocenters. The van der Waals surface area contributed by atoms with E-state index < -0.39 is 5.97 Å². The lowest BCUT2D eigenvalue weighted by Crippen LogP contribution is -2.30. The van der Waals surface area contributed by atoms with Gasteiger partial charge in [-0.1, -0.05) is 12.1 Å². The molecule has 2 aromatic rings. The number of hydrogen-bond acceptors (Lipinski definition) is 5. The first-order valence-corrected chi connectivity index (χ1v) is 9.14. The summed E-state index contributed by atoms with van der Waals surface area (Å²) >= 11 is 1.65. The van der Waals surface area contributed by atoms with Gasteiger partial charge in [-0.2, -0.15) is 0 Å². The maximum atomic E-state index is 12.0. The van der Waals surface area contributed by atoms with Crippen molar-refractivity contribution >= 4 is 23.6 Å². The lowest BCUT2D eigenvalue weighted by molar-refractivity contribution is -0.143. The molecular weight excluding hydrogens is 338 g/mol. The Hall–Kier alpha value is -2.47. The third kappa shape index (κ3) is 6.15. The Morgan fingerprint density at radius 2 is 1.72 bits per heavy atom. The summed E-state index contributed by atoms with van der Waals surface area (Å²) in [5.41, 5.74) is 1.37. The van der Waals surface area contributed by atoms with E-state index in [1.165, 1.54) is 0 Å². The number of hydrogen-bond donors (Lipinski definition) is 1. The molecular formula is C19H21NO4S. The molecule has 0 aliphatic rings. The molecule has 0 spiro atoms. The zero-order chi connectivity index (χ0) is 18.1. The van der Waals surface area contributed by atoms with Gasteiger partial charge in [0.1, 0.15) is 18.9 Å². The van der Waals surface area contributed by atoms with Crippen LogP contribution < -0.4 is 10.1 Å². The zero-order valence-electron chi connectivity index (χ0n) is 14.3. The van der Waals surface area contributed by atoms with Crippen molar-refractivity contribution in [2.75, 3.05) is 19.4 Å². The van der Waals surface area contributed by atoms with Crippen molar-refractivity contribution in [3.05, 3.63) is 59.7 Å². The van der Waals surface area contributed by atoms with Gasteiger partial charge in [0.25, 0.3) is 5.91 Å². The first-order chi connectivity index (χ1) is 12.1. The number of rotatable bonds is 8. The third-order valence-electron chi connectivity index (χ3n) is 3.38. The molecule has 0 aliphatic carbocycles. The molecule has 0 saturated heterocycles. The Bertz CT molecular complexity index is 698. The molecule has 2 rings (SSSR count). The van der Waals surface area contributed by atoms with Crippen molar-refractivity contribution in [1.82, 2.24) is 5.32 Å². The lowest BCUT2D eigenvalue weighted by Gasteiger charge is -2.08. The average Bonchev–Trinajstić information content (AvgIpc) is 2.65. The Morgan fingerprint density at radius 3 is 2.32 bits per heavy atom. The molecule has 0 aliphatic heterocycles. The van der Waals surface area contributed by atoms with Gasteiger partial charge in [0.15, 0.2) is 0 Å². The summed E-state index contributed by atoms with van der Waals surface area (Å²) in [6.07, 6.45) is 2.00. The van der Waals surface area contributed by atoms with E-state index >= 15 is 0 Å². The Labute approximate surface area is 151 Å². The minimum absolute atomic E-state index is 0.172. The van der Waals surface area contributed by atoms with E-state index in [1.807, 2.05) is 37.4 Å². The van der Waals surface area contributed by atoms with Crippen LogP contribution in [0.5, 0.6) is 5.75 Å². The molecule has 2 aromatic carbocycles. The molecule has 0 aromatic heterocycles. The number of nitrogens with one attached hydrogen (secondary N) is 1. The fraction of sp³-hybridized carbons (Fsp3) is 0.263. The number of thioether (sulfide) groups is 1. The molecule has 0 heterocycles. The molecule has 6 heteroatoms. The summed E-state index contributed by atoms with van der Waals surface area (Å²) in [4.78, 5) is 24.9. The molecule has 0 radical (unpaired) electrons. The van der Waals surface area contributed by atoms with E-state index in [9.17, 15) is 9.59 Å². The summed E-state index contributed by atoms with van der Waals surface area (Å²) in [6.45, 7) is 2.47. The van der Waals surface area contributed by atoms with Crippen molar-refractivity contribution in [2.24, 2.45) is 0 Å². The standard InChI is InChI=1S/C19H21NO4S/c1-3-23-16-8-6-15(7-9-16)19(22)20-12-18(21)24-13-14-4-10-17(25-2)11-5-14/h4-11H,3,12-13H2,1-2H3,(H,20,22). The number of carbonyl (C=O) groups is 2. The SMILES string of the molecule is CCOc1ccc(C(=O)NCC(=O)OCc2ccc(SC)cc2)cc1. The molecule has 0 bridgehead atoms. The van der Waals surface area contributed by atoms with Crippen LogP contribution in [0.3, 0.4) is 0 Å². The summed E-state index contributed by atoms with van der Waals surface area (Å²) in [6, 6.07) is 14.5. The largest absolute Gasteiger partial charge is 0.494 e. The van der Waals surface area contributed by atoms with Gasteiger partial charge in [-0.3, -0.25) is 9.59 Å². The lowest BCUT2D eigenvalue weighted by atomic mass is 10.2. The van der Waals surface area contributed by atoms with Crippen molar-refractivity contribution in [3.63, 3.8) is 0 Å². The summed E-state index contributed by atoms with van der Waals surface area (Å²) in [5, 5.41) is 2.55. The minimum atomic E-state index is -0.478. The summed E-state index contributed by atoms with van der Waals surface area (Å²) in [5.74, 6) is -0.108. The Morgan fingerprint density at radius 1 is 1.04 bits per heavy atom. The average molecular weight is 359 g/mol. The highest BCUT2D eigenvalue weighted by Gasteiger charge is 2.09. The van der Waals surface area contributed by atoms with E-state index in [-0.39, 0.29) is 19.1 Å². The second-order valence-corrected chi connectivity index (χ2v) is 6.03. The number of ether oxygens (including phenoxy) is 2. The molecule has 1 amide bonds. The van der Waals surface area contributed by atoms with Crippen molar-refractivity contribution in [2.45, 2.75) is 18.4 Å². The predicted molar refractivity (Wildman–Crippen MR) is 98.0 cm³/mol. The van der Waals surface area contributed by atoms with Crippen LogP contribution >= 0.6 is 11.8 Å². The van der Waals surface area contributed by atoms with Crippen LogP contribution in [-0.4, -0.2) is 31.3 Å². The van der Waals surface area contributed by atoms with E-state index in [0.29, 0.717) is 17.9 Å². The number of carbonyl (C=O) groups excluding carboxylic acids is 2. The van der Waals surface area contributed by atoms with Gasteiger partial charge in [0.2, 0.25) is 0 Å². The van der Waals surface area contributed by atoms with Gasteiger partial charge in [-0.25, -0.2) is 0 Å². The van der Waals surface area contributed by atoms with Gasteiger partial charge in [-0.15, -0.1) is 11.8 Å². The van der Waals surface area contributed by atoms with Crippen LogP contribution in [0.2, 0.25) is 0 Å². The van der Waals surface area contributed by atoms with E-state index in [0.717, 1.165) is 10.5 Å². The maximum absolute atomic E-state index is 12.0. The molecule has 0 unspecified atom stereocenters. The van der Waals surface area contributed by atoms with E-state index in [4.69, 9.17) is 9.47 Å². The molecule has 1 N–H and O–H groups in total. The van der Waals surface area contributed by atoms with Crippen LogP contribution in [0.25, 0.3) is 0 Å². The zero-order valence-corrected chi connectivity index (χ0v) is 15.1. The predicted octanol–water partition coefficient (Wildman–Crippen LogP) is 3.28. The smallest absolute Gasteiger partial charge is 0.325 e. The van der Waals surface area contributed by atoms with Gasteiger partial charge in [-0.05, 0) is 55.1 Å². The highest BCUT2D eigenvalue weighted by molar-refractivity contribution is 7.98. The van der Waals surface area contributed by atoms with Crippen LogP contribution in [0.15, 0.2) is 53.4 Å². The number of benzene rings is 2. The molecule has 25 heavy (non-hydrogen) atoms. The van der Waals surface area contributed by atoms with Gasteiger partial charge in [0.05, 0.1) is 6.61 Å². The highest BCUT2D eigenvalue weighted by atomic mass is 32.2. The van der Waals surface area contributed by atoms with E-state index in [1.54, 1.807) is 36.0 Å². The second-order valence-electron chi connectivity index (χ2n) is 5.15. The third-order valence-corrected chi connectivity index (χ3v) is 4.12. The fourth-order valence-corrected chi connectivity index (χ4v) is 2.47. The Balaban J connectivity index is 1.75. The van der Waals surface area contributed by atoms with Crippen LogP contribution in [0.1, 0.15) is 22.8 Å². The van der Waals surface area contributed by atoms with Crippen molar-refractivity contribution in [1.29, 1.82) is 0 Å². The van der Waals surface area contributed by atoms with Gasteiger partial charge in [0, 0.05) is 10.5 Å². The van der Waals surface area contributed by atoms with Crippen molar-refractivity contribution in [3.8, 4) is 5.75 Å². The molecule has 5 nitrogen and oxygen atoms in total. The van der Waals surface area contributed by atoms with Crippen LogP contribution in [-0.2, 0) is 16.1 Å². The normalized spacial score (nSPS) is 10.2. The Kier molecular flexibility index (Phi) is 7.35. The highest BCUT2D eigenvalue weighted by Crippen LogP contribution is 2.15. The van der Waals surface area contributed by atoms with Crippen LogP contribution in [0, 0.1) is 0 Å². The molecule has 0 saturated carbocycles. The quantitative estimate of drug-likeness (QED) is 0.579. The first kappa shape index (κ1) is 18.9. The molecule has 132 valence electrons. The van der Waals surface area contributed by atoms with E-state index in [2.05, 4.69) is 5.32 Å². The van der Waals surface area contributed by atoms with Gasteiger partial charge < -0.3 is 14.8 Å². The first-order valence-electron chi connectivity index (χ1n) is 7.92. The topological polar surface area (TPSA) is 64.6 Å². The van der Waals surface area contributed by atoms with Crippen LogP contribution in [0.4, 0.5) is 0 Å². The number of amides is 1. The number of esters is 1. The maximum Gasteiger partial charge on any atom is 0.325 e. The summed E-state index contributed by atoms with van der Waals surface area (Å²) < 4.78 is 10.5. The van der Waals surface area contributed by atoms with Crippen molar-refractivity contribution < 1.29 is 19.1 Å². The fourth-order valence-electron chi connectivity index (χ4n) is 2.06. The van der Waals surface area contributed by atoms with Gasteiger partial charge >= 0.3 is 5.97 Å².